The summed E-state index contributed by atoms with van der Waals surface area (Å²) in [6, 6.07) is 9.43. The number of halogens is 4. The number of hydrogen-bond donors (Lipinski definition) is 2. The van der Waals surface area contributed by atoms with Crippen molar-refractivity contribution in [2.75, 3.05) is 0 Å². The van der Waals surface area contributed by atoms with Crippen LogP contribution in [0.25, 0.3) is 6.08 Å². The van der Waals surface area contributed by atoms with E-state index in [1.807, 2.05) is 0 Å². The third-order valence-corrected chi connectivity index (χ3v) is 5.77. The Kier molecular flexibility index (Phi) is 8.02. The standard InChI is InChI=1S/C24H23ClF3NO4/c25-19-7-3-4-8-21(19)33-17-11-10-16(18(14-17)24(26,27)28)13-20(23(31)32)29-22(30)12-9-15-5-1-2-6-15/h3-4,7-8,10-11,13-15H,1-2,5-6,9,12H2,(H,29,30)(H,31,32). The summed E-state index contributed by atoms with van der Waals surface area (Å²) in [7, 11) is 0. The van der Waals surface area contributed by atoms with Crippen molar-refractivity contribution in [1.29, 1.82) is 0 Å². The minimum absolute atomic E-state index is 0.117. The van der Waals surface area contributed by atoms with Gasteiger partial charge in [-0.3, -0.25) is 4.79 Å². The molecule has 2 aromatic carbocycles. The molecule has 33 heavy (non-hydrogen) atoms. The van der Waals surface area contributed by atoms with Crippen LogP contribution in [0.1, 0.15) is 49.7 Å². The number of carbonyl (C=O) groups is 2. The average Bonchev–Trinajstić information content (AvgIpc) is 3.27. The second-order valence-electron chi connectivity index (χ2n) is 7.88. The number of benzene rings is 2. The minimum Gasteiger partial charge on any atom is -0.477 e. The molecule has 0 atom stereocenters. The fourth-order valence-electron chi connectivity index (χ4n) is 3.78. The Morgan fingerprint density at radius 1 is 1.15 bits per heavy atom. The van der Waals surface area contributed by atoms with Crippen LogP contribution in [0.2, 0.25) is 5.02 Å². The van der Waals surface area contributed by atoms with E-state index in [1.54, 1.807) is 12.1 Å². The van der Waals surface area contributed by atoms with E-state index in [0.29, 0.717) is 12.3 Å². The predicted octanol–water partition coefficient (Wildman–Crippen LogP) is 6.66. The summed E-state index contributed by atoms with van der Waals surface area (Å²) in [5.74, 6) is -1.59. The van der Waals surface area contributed by atoms with Gasteiger partial charge in [0.25, 0.3) is 0 Å². The van der Waals surface area contributed by atoms with Gasteiger partial charge in [0.2, 0.25) is 5.91 Å². The number of hydrogen-bond acceptors (Lipinski definition) is 3. The normalized spacial score (nSPS) is 14.8. The van der Waals surface area contributed by atoms with E-state index in [1.165, 1.54) is 18.2 Å². The zero-order valence-electron chi connectivity index (χ0n) is 17.6. The summed E-state index contributed by atoms with van der Waals surface area (Å²) in [4.78, 5) is 23.8. The van der Waals surface area contributed by atoms with Crippen LogP contribution in [-0.2, 0) is 15.8 Å². The third kappa shape index (κ3) is 6.99. The molecule has 9 heteroatoms. The Morgan fingerprint density at radius 2 is 1.85 bits per heavy atom. The molecule has 0 saturated heterocycles. The molecule has 0 unspecified atom stereocenters. The summed E-state index contributed by atoms with van der Waals surface area (Å²) < 4.78 is 46.6. The molecule has 0 bridgehead atoms. The van der Waals surface area contributed by atoms with Crippen LogP contribution in [-0.4, -0.2) is 17.0 Å². The van der Waals surface area contributed by atoms with Crippen LogP contribution in [0.15, 0.2) is 48.2 Å². The van der Waals surface area contributed by atoms with Crippen LogP contribution in [0.3, 0.4) is 0 Å². The highest BCUT2D eigenvalue weighted by molar-refractivity contribution is 6.32. The molecule has 1 aliphatic carbocycles. The maximum absolute atomic E-state index is 13.7. The third-order valence-electron chi connectivity index (χ3n) is 5.45. The first kappa shape index (κ1) is 24.6. The summed E-state index contributed by atoms with van der Waals surface area (Å²) >= 11 is 5.99. The predicted molar refractivity (Wildman–Crippen MR) is 118 cm³/mol. The molecule has 0 heterocycles. The van der Waals surface area contributed by atoms with E-state index >= 15 is 0 Å². The number of carbonyl (C=O) groups excluding carboxylic acids is 1. The maximum atomic E-state index is 13.7. The van der Waals surface area contributed by atoms with Gasteiger partial charge in [-0.05, 0) is 48.2 Å². The summed E-state index contributed by atoms with van der Waals surface area (Å²) in [6.45, 7) is 0. The lowest BCUT2D eigenvalue weighted by molar-refractivity contribution is -0.138. The number of ether oxygens (including phenoxy) is 1. The van der Waals surface area contributed by atoms with Crippen molar-refractivity contribution in [1.82, 2.24) is 5.32 Å². The second-order valence-corrected chi connectivity index (χ2v) is 8.29. The van der Waals surface area contributed by atoms with Gasteiger partial charge in [-0.2, -0.15) is 13.2 Å². The maximum Gasteiger partial charge on any atom is 0.417 e. The lowest BCUT2D eigenvalue weighted by Gasteiger charge is -2.15. The molecule has 0 aliphatic heterocycles. The number of para-hydroxylation sites is 1. The van der Waals surface area contributed by atoms with E-state index in [-0.39, 0.29) is 22.9 Å². The number of aliphatic carboxylic acids is 1. The SMILES string of the molecule is O=C(CCC1CCCC1)NC(=Cc1ccc(Oc2ccccc2Cl)cc1C(F)(F)F)C(=O)O. The first-order chi connectivity index (χ1) is 15.6. The van der Waals surface area contributed by atoms with Crippen LogP contribution < -0.4 is 10.1 Å². The van der Waals surface area contributed by atoms with Gasteiger partial charge in [-0.1, -0.05) is 55.5 Å². The number of carboxylic acids is 1. The molecule has 1 fully saturated rings. The fourth-order valence-corrected chi connectivity index (χ4v) is 3.95. The molecule has 1 saturated carbocycles. The number of carboxylic acid groups (broad SMARTS) is 1. The van der Waals surface area contributed by atoms with Crippen molar-refractivity contribution < 1.29 is 32.6 Å². The summed E-state index contributed by atoms with van der Waals surface area (Å²) in [5, 5.41) is 11.9. The van der Waals surface area contributed by atoms with Crippen molar-refractivity contribution in [3.8, 4) is 11.5 Å². The molecule has 176 valence electrons. The first-order valence-corrected chi connectivity index (χ1v) is 10.9. The van der Waals surface area contributed by atoms with Gasteiger partial charge in [0.1, 0.15) is 17.2 Å². The average molecular weight is 482 g/mol. The van der Waals surface area contributed by atoms with Crippen LogP contribution >= 0.6 is 11.6 Å². The number of rotatable bonds is 8. The van der Waals surface area contributed by atoms with E-state index in [4.69, 9.17) is 16.3 Å². The highest BCUT2D eigenvalue weighted by Crippen LogP contribution is 2.37. The van der Waals surface area contributed by atoms with E-state index < -0.39 is 34.9 Å². The van der Waals surface area contributed by atoms with Gasteiger partial charge < -0.3 is 15.2 Å². The lowest BCUT2D eigenvalue weighted by atomic mass is 10.0. The van der Waals surface area contributed by atoms with E-state index in [2.05, 4.69) is 5.32 Å². The van der Waals surface area contributed by atoms with Crippen molar-refractivity contribution in [3.05, 3.63) is 64.3 Å². The topological polar surface area (TPSA) is 75.6 Å². The van der Waals surface area contributed by atoms with E-state index in [0.717, 1.165) is 43.9 Å². The molecule has 2 N–H and O–H groups in total. The zero-order valence-corrected chi connectivity index (χ0v) is 18.4. The molecular formula is C24H23ClF3NO4. The Hall–Kier alpha value is -3.00. The molecule has 5 nitrogen and oxygen atoms in total. The molecule has 1 amide bonds. The molecule has 0 spiro atoms. The Morgan fingerprint density at radius 3 is 2.48 bits per heavy atom. The van der Waals surface area contributed by atoms with Crippen LogP contribution in [0.5, 0.6) is 11.5 Å². The fraction of sp³-hybridized carbons (Fsp3) is 0.333. The van der Waals surface area contributed by atoms with Crippen molar-refractivity contribution in [2.45, 2.75) is 44.7 Å². The summed E-state index contributed by atoms with van der Waals surface area (Å²) in [6.07, 6.45) is 1.05. The van der Waals surface area contributed by atoms with Crippen molar-refractivity contribution in [3.63, 3.8) is 0 Å². The minimum atomic E-state index is -4.79. The van der Waals surface area contributed by atoms with Gasteiger partial charge >= 0.3 is 12.1 Å². The first-order valence-electron chi connectivity index (χ1n) is 10.5. The molecule has 1 aliphatic rings. The van der Waals surface area contributed by atoms with Gasteiger partial charge in [-0.25, -0.2) is 4.79 Å². The number of alkyl halides is 3. The Balaban J connectivity index is 1.82. The molecule has 2 aromatic rings. The molecule has 0 aromatic heterocycles. The van der Waals surface area contributed by atoms with Crippen LogP contribution in [0.4, 0.5) is 13.2 Å². The highest BCUT2D eigenvalue weighted by atomic mass is 35.5. The van der Waals surface area contributed by atoms with Crippen molar-refractivity contribution in [2.24, 2.45) is 5.92 Å². The summed E-state index contributed by atoms with van der Waals surface area (Å²) in [5.41, 5.74) is -2.15. The monoisotopic (exact) mass is 481 g/mol. The lowest BCUT2D eigenvalue weighted by Crippen LogP contribution is -2.27. The molecular weight excluding hydrogens is 459 g/mol. The van der Waals surface area contributed by atoms with Gasteiger partial charge in [-0.15, -0.1) is 0 Å². The van der Waals surface area contributed by atoms with Crippen molar-refractivity contribution >= 4 is 29.6 Å². The van der Waals surface area contributed by atoms with Gasteiger partial charge in [0.15, 0.2) is 0 Å². The largest absolute Gasteiger partial charge is 0.477 e. The zero-order chi connectivity index (χ0) is 24.0. The second kappa shape index (κ2) is 10.7. The molecule has 0 radical (unpaired) electrons. The Labute approximate surface area is 194 Å². The van der Waals surface area contributed by atoms with E-state index in [9.17, 15) is 27.9 Å². The quantitative estimate of drug-likeness (QED) is 0.413. The number of amides is 1. The highest BCUT2D eigenvalue weighted by Gasteiger charge is 2.34. The van der Waals surface area contributed by atoms with Gasteiger partial charge in [0.05, 0.1) is 10.6 Å². The van der Waals surface area contributed by atoms with Gasteiger partial charge in [0, 0.05) is 6.42 Å². The number of nitrogens with one attached hydrogen (secondary N) is 1. The van der Waals surface area contributed by atoms with Crippen LogP contribution in [0, 0.1) is 5.92 Å². The Bertz CT molecular complexity index is 1050. The smallest absolute Gasteiger partial charge is 0.417 e. The molecule has 3 rings (SSSR count).